The van der Waals surface area contributed by atoms with Crippen LogP contribution in [-0.2, 0) is 13.0 Å². The smallest absolute Gasteiger partial charge is 0.127 e. The van der Waals surface area contributed by atoms with Gasteiger partial charge in [-0.1, -0.05) is 75.9 Å². The maximum atomic E-state index is 6.11. The molecule has 0 bridgehead atoms. The van der Waals surface area contributed by atoms with Crippen molar-refractivity contribution in [1.82, 2.24) is 5.32 Å². The van der Waals surface area contributed by atoms with Gasteiger partial charge in [-0.05, 0) is 43.9 Å². The lowest BCUT2D eigenvalue weighted by molar-refractivity contribution is 0.289. The summed E-state index contributed by atoms with van der Waals surface area (Å²) in [5.41, 5.74) is 2.61. The third-order valence-electron chi connectivity index (χ3n) is 5.04. The first-order valence-electron chi connectivity index (χ1n) is 11.5. The van der Waals surface area contributed by atoms with E-state index in [1.807, 2.05) is 0 Å². The molecule has 0 saturated heterocycles. The van der Waals surface area contributed by atoms with Gasteiger partial charge in [0.2, 0.25) is 0 Å². The van der Waals surface area contributed by atoms with Gasteiger partial charge >= 0.3 is 0 Å². The molecule has 160 valence electrons. The number of hydrogen-bond donors (Lipinski definition) is 1. The lowest BCUT2D eigenvalue weighted by atomic mass is 10.1. The van der Waals surface area contributed by atoms with E-state index in [4.69, 9.17) is 9.47 Å². The molecule has 1 N–H and O–H groups in total. The molecule has 0 amide bonds. The highest BCUT2D eigenvalue weighted by molar-refractivity contribution is 5.40. The fourth-order valence-corrected chi connectivity index (χ4v) is 3.27. The van der Waals surface area contributed by atoms with Gasteiger partial charge in [0.05, 0.1) is 13.2 Å². The molecular weight excluding hydrogens is 358 g/mol. The molecule has 0 aromatic heterocycles. The molecule has 3 nitrogen and oxygen atoms in total. The molecule has 0 heterocycles. The number of nitrogens with one attached hydrogen (secondary N) is 1. The molecule has 3 heteroatoms. The third kappa shape index (κ3) is 9.85. The summed E-state index contributed by atoms with van der Waals surface area (Å²) in [4.78, 5) is 0. The second kappa shape index (κ2) is 14.9. The Morgan fingerprint density at radius 2 is 1.48 bits per heavy atom. The average Bonchev–Trinajstić information content (AvgIpc) is 2.76. The zero-order valence-electron chi connectivity index (χ0n) is 18.4. The summed E-state index contributed by atoms with van der Waals surface area (Å²) in [5, 5.41) is 3.57. The van der Waals surface area contributed by atoms with Crippen LogP contribution in [0.2, 0.25) is 0 Å². The first kappa shape index (κ1) is 23.3. The van der Waals surface area contributed by atoms with Crippen LogP contribution >= 0.6 is 0 Å². The lowest BCUT2D eigenvalue weighted by Gasteiger charge is -2.15. The van der Waals surface area contributed by atoms with Gasteiger partial charge in [0.15, 0.2) is 0 Å². The minimum atomic E-state index is 0.772. The molecule has 0 fully saturated rings. The average molecular weight is 398 g/mol. The molecule has 0 unspecified atom stereocenters. The Kier molecular flexibility index (Phi) is 12.0. The van der Waals surface area contributed by atoms with Crippen molar-refractivity contribution in [3.05, 3.63) is 59.7 Å². The van der Waals surface area contributed by atoms with Crippen molar-refractivity contribution in [3.63, 3.8) is 0 Å². The number of ether oxygens (including phenoxy) is 2. The Hall–Kier alpha value is -2.00. The largest absolute Gasteiger partial charge is 0.493 e. The molecule has 0 aliphatic carbocycles. The van der Waals surface area contributed by atoms with E-state index >= 15 is 0 Å². The van der Waals surface area contributed by atoms with Crippen LogP contribution in [0, 0.1) is 0 Å². The van der Waals surface area contributed by atoms with E-state index in [1.165, 1.54) is 36.8 Å². The van der Waals surface area contributed by atoms with Crippen molar-refractivity contribution in [2.45, 2.75) is 71.8 Å². The van der Waals surface area contributed by atoms with Crippen molar-refractivity contribution < 1.29 is 9.47 Å². The van der Waals surface area contributed by atoms with Crippen LogP contribution < -0.4 is 14.8 Å². The molecule has 2 rings (SSSR count). The maximum Gasteiger partial charge on any atom is 0.127 e. The molecule has 2 aromatic rings. The number of aryl methyl sites for hydroxylation is 1. The lowest BCUT2D eigenvalue weighted by Crippen LogP contribution is -2.16. The third-order valence-corrected chi connectivity index (χ3v) is 5.04. The van der Waals surface area contributed by atoms with Gasteiger partial charge < -0.3 is 14.8 Å². The molecule has 0 radical (unpaired) electrons. The topological polar surface area (TPSA) is 30.5 Å². The van der Waals surface area contributed by atoms with Crippen LogP contribution in [0.4, 0.5) is 0 Å². The SMILES string of the molecule is CCCCCOc1ccc(CNCCCc2ccccc2)c(OCCCCC)c1. The monoisotopic (exact) mass is 397 g/mol. The zero-order chi connectivity index (χ0) is 20.6. The molecular formula is C26H39NO2. The van der Waals surface area contributed by atoms with Gasteiger partial charge in [-0.15, -0.1) is 0 Å². The Balaban J connectivity index is 1.82. The van der Waals surface area contributed by atoms with Gasteiger partial charge in [-0.25, -0.2) is 0 Å². The van der Waals surface area contributed by atoms with E-state index in [2.05, 4.69) is 67.7 Å². The van der Waals surface area contributed by atoms with Gasteiger partial charge in [0.25, 0.3) is 0 Å². The Morgan fingerprint density at radius 1 is 0.759 bits per heavy atom. The molecule has 0 aliphatic rings. The Labute approximate surface area is 177 Å². The van der Waals surface area contributed by atoms with Gasteiger partial charge in [-0.3, -0.25) is 0 Å². The maximum absolute atomic E-state index is 6.11. The predicted molar refractivity (Wildman–Crippen MR) is 123 cm³/mol. The quantitative estimate of drug-likeness (QED) is 0.326. The molecule has 0 atom stereocenters. The first-order valence-corrected chi connectivity index (χ1v) is 11.5. The van der Waals surface area contributed by atoms with Crippen molar-refractivity contribution in [1.29, 1.82) is 0 Å². The van der Waals surface area contributed by atoms with Crippen LogP contribution in [0.25, 0.3) is 0 Å². The van der Waals surface area contributed by atoms with Gasteiger partial charge in [-0.2, -0.15) is 0 Å². The summed E-state index contributed by atoms with van der Waals surface area (Å²) in [6.45, 7) is 7.81. The molecule has 0 aliphatic heterocycles. The van der Waals surface area contributed by atoms with Crippen LogP contribution in [0.5, 0.6) is 11.5 Å². The number of benzene rings is 2. The van der Waals surface area contributed by atoms with E-state index in [0.29, 0.717) is 0 Å². The number of rotatable bonds is 16. The second-order valence-electron chi connectivity index (χ2n) is 7.65. The number of hydrogen-bond acceptors (Lipinski definition) is 3. The number of unbranched alkanes of at least 4 members (excludes halogenated alkanes) is 4. The molecule has 0 spiro atoms. The van der Waals surface area contributed by atoms with E-state index in [1.54, 1.807) is 0 Å². The molecule has 0 saturated carbocycles. The van der Waals surface area contributed by atoms with Gasteiger partial charge in [0.1, 0.15) is 11.5 Å². The van der Waals surface area contributed by atoms with Gasteiger partial charge in [0, 0.05) is 18.2 Å². The second-order valence-corrected chi connectivity index (χ2v) is 7.65. The summed E-state index contributed by atoms with van der Waals surface area (Å²) >= 11 is 0. The minimum Gasteiger partial charge on any atom is -0.493 e. The highest BCUT2D eigenvalue weighted by Gasteiger charge is 2.07. The van der Waals surface area contributed by atoms with Crippen molar-refractivity contribution in [2.75, 3.05) is 19.8 Å². The van der Waals surface area contributed by atoms with E-state index in [-0.39, 0.29) is 0 Å². The fraction of sp³-hybridized carbons (Fsp3) is 0.538. The van der Waals surface area contributed by atoms with E-state index in [0.717, 1.165) is 63.5 Å². The van der Waals surface area contributed by atoms with E-state index in [9.17, 15) is 0 Å². The summed E-state index contributed by atoms with van der Waals surface area (Å²) in [6.07, 6.45) is 9.29. The van der Waals surface area contributed by atoms with Crippen LogP contribution in [0.3, 0.4) is 0 Å². The minimum absolute atomic E-state index is 0.772. The summed E-state index contributed by atoms with van der Waals surface area (Å²) in [6, 6.07) is 17.0. The highest BCUT2D eigenvalue weighted by Crippen LogP contribution is 2.26. The predicted octanol–water partition coefficient (Wildman–Crippen LogP) is 6.55. The molecule has 2 aromatic carbocycles. The van der Waals surface area contributed by atoms with Crippen molar-refractivity contribution >= 4 is 0 Å². The Morgan fingerprint density at radius 3 is 2.21 bits per heavy atom. The first-order chi connectivity index (χ1) is 14.3. The van der Waals surface area contributed by atoms with Crippen molar-refractivity contribution in [2.24, 2.45) is 0 Å². The van der Waals surface area contributed by atoms with Crippen LogP contribution in [0.15, 0.2) is 48.5 Å². The highest BCUT2D eigenvalue weighted by atomic mass is 16.5. The van der Waals surface area contributed by atoms with E-state index < -0.39 is 0 Å². The van der Waals surface area contributed by atoms with Crippen LogP contribution in [0.1, 0.15) is 69.9 Å². The fourth-order valence-electron chi connectivity index (χ4n) is 3.27. The summed E-state index contributed by atoms with van der Waals surface area (Å²) < 4.78 is 12.0. The standard InChI is InChI=1S/C26H39NO2/c1-3-5-10-19-28-25-17-16-24(26(21-25)29-20-11-6-4-2)22-27-18-12-15-23-13-8-7-9-14-23/h7-9,13-14,16-17,21,27H,3-6,10-12,15,18-20,22H2,1-2H3. The summed E-state index contributed by atoms with van der Waals surface area (Å²) in [5.74, 6) is 1.88. The molecule has 29 heavy (non-hydrogen) atoms. The van der Waals surface area contributed by atoms with Crippen LogP contribution in [-0.4, -0.2) is 19.8 Å². The van der Waals surface area contributed by atoms with Crippen molar-refractivity contribution in [3.8, 4) is 11.5 Å². The normalized spacial score (nSPS) is 10.8. The summed E-state index contributed by atoms with van der Waals surface area (Å²) in [7, 11) is 0. The Bertz CT molecular complexity index is 657. The zero-order valence-corrected chi connectivity index (χ0v) is 18.4.